The molecule has 3 rings (SSSR count). The number of hydrogen-bond donors (Lipinski definition) is 0. The summed E-state index contributed by atoms with van der Waals surface area (Å²) in [5.41, 5.74) is 3.11. The average Bonchev–Trinajstić information content (AvgIpc) is 2.78. The van der Waals surface area contributed by atoms with Gasteiger partial charge in [0.1, 0.15) is 0 Å². The molecular weight excluding hydrogens is 402 g/mol. The fourth-order valence-electron chi connectivity index (χ4n) is 3.86. The maximum atomic E-state index is 12.9. The third-order valence-corrected chi connectivity index (χ3v) is 5.67. The Labute approximate surface area is 191 Å². The van der Waals surface area contributed by atoms with Crippen molar-refractivity contribution >= 4 is 17.6 Å². The minimum Gasteiger partial charge on any atom is -0.352 e. The number of piperazine rings is 1. The van der Waals surface area contributed by atoms with Crippen LogP contribution in [0.2, 0.25) is 0 Å². The van der Waals surface area contributed by atoms with Crippen molar-refractivity contribution in [3.8, 4) is 11.3 Å². The highest BCUT2D eigenvalue weighted by Gasteiger charge is 2.26. The van der Waals surface area contributed by atoms with E-state index in [4.69, 9.17) is 0 Å². The second-order valence-electron chi connectivity index (χ2n) is 9.28. The molecular formula is C25H35N5O2. The summed E-state index contributed by atoms with van der Waals surface area (Å²) in [5, 5.41) is 8.81. The van der Waals surface area contributed by atoms with Gasteiger partial charge in [0.05, 0.1) is 12.2 Å². The van der Waals surface area contributed by atoms with Gasteiger partial charge in [-0.2, -0.15) is 0 Å². The molecule has 2 aromatic rings. The fourth-order valence-corrected chi connectivity index (χ4v) is 3.86. The molecule has 0 radical (unpaired) electrons. The molecule has 7 nitrogen and oxygen atoms in total. The van der Waals surface area contributed by atoms with Crippen molar-refractivity contribution in [3.05, 3.63) is 42.0 Å². The topological polar surface area (TPSA) is 69.6 Å². The Balaban J connectivity index is 1.56. The predicted molar refractivity (Wildman–Crippen MR) is 127 cm³/mol. The van der Waals surface area contributed by atoms with Crippen molar-refractivity contribution in [2.24, 2.45) is 11.8 Å². The summed E-state index contributed by atoms with van der Waals surface area (Å²) in [6.45, 7) is 13.3. The van der Waals surface area contributed by atoms with Gasteiger partial charge < -0.3 is 14.7 Å². The SMILES string of the molecule is Cc1ccc(-c2ccc(N3CCN(C(=O)CN(CC(C)C)C(=O)C(C)C)CC3)nn2)cc1. The number of aryl methyl sites for hydroxylation is 1. The van der Waals surface area contributed by atoms with Gasteiger partial charge in [-0.05, 0) is 25.0 Å². The van der Waals surface area contributed by atoms with Crippen molar-refractivity contribution in [1.29, 1.82) is 0 Å². The Morgan fingerprint density at radius 1 is 0.938 bits per heavy atom. The highest BCUT2D eigenvalue weighted by atomic mass is 16.2. The number of amides is 2. The van der Waals surface area contributed by atoms with Crippen LogP contribution in [0.15, 0.2) is 36.4 Å². The fraction of sp³-hybridized carbons (Fsp3) is 0.520. The Morgan fingerprint density at radius 3 is 2.12 bits per heavy atom. The molecule has 1 aromatic carbocycles. The Bertz CT molecular complexity index is 901. The van der Waals surface area contributed by atoms with Crippen molar-refractivity contribution in [2.45, 2.75) is 34.6 Å². The highest BCUT2D eigenvalue weighted by Crippen LogP contribution is 2.20. The molecule has 1 aliphatic heterocycles. The maximum absolute atomic E-state index is 12.9. The van der Waals surface area contributed by atoms with Crippen LogP contribution in [0.4, 0.5) is 5.82 Å². The first-order chi connectivity index (χ1) is 15.2. The maximum Gasteiger partial charge on any atom is 0.242 e. The van der Waals surface area contributed by atoms with E-state index >= 15 is 0 Å². The number of carbonyl (C=O) groups is 2. The summed E-state index contributed by atoms with van der Waals surface area (Å²) in [7, 11) is 0. The third-order valence-electron chi connectivity index (χ3n) is 5.67. The van der Waals surface area contributed by atoms with Crippen molar-refractivity contribution in [3.63, 3.8) is 0 Å². The molecule has 1 saturated heterocycles. The van der Waals surface area contributed by atoms with Crippen LogP contribution in [0.5, 0.6) is 0 Å². The molecule has 32 heavy (non-hydrogen) atoms. The van der Waals surface area contributed by atoms with Gasteiger partial charge in [0.25, 0.3) is 0 Å². The van der Waals surface area contributed by atoms with Gasteiger partial charge in [-0.25, -0.2) is 0 Å². The van der Waals surface area contributed by atoms with Crippen molar-refractivity contribution in [2.75, 3.05) is 44.2 Å². The largest absolute Gasteiger partial charge is 0.352 e. The number of rotatable bonds is 7. The first kappa shape index (κ1) is 23.7. The first-order valence-electron chi connectivity index (χ1n) is 11.5. The van der Waals surface area contributed by atoms with Gasteiger partial charge in [-0.1, -0.05) is 57.5 Å². The van der Waals surface area contributed by atoms with Gasteiger partial charge in [-0.3, -0.25) is 9.59 Å². The molecule has 1 fully saturated rings. The number of hydrogen-bond acceptors (Lipinski definition) is 5. The molecule has 0 bridgehead atoms. The van der Waals surface area contributed by atoms with E-state index in [0.717, 1.165) is 17.1 Å². The molecule has 0 unspecified atom stereocenters. The van der Waals surface area contributed by atoms with Crippen molar-refractivity contribution < 1.29 is 9.59 Å². The standard InChI is InChI=1S/C25H35N5O2/c1-18(2)16-30(25(32)19(3)4)17-24(31)29-14-12-28(13-15-29)23-11-10-22(26-27-23)21-8-6-20(5)7-9-21/h6-11,18-19H,12-17H2,1-5H3. The third kappa shape index (κ3) is 6.05. The number of carbonyl (C=O) groups excluding carboxylic acids is 2. The van der Waals surface area contributed by atoms with Crippen LogP contribution in [0.3, 0.4) is 0 Å². The molecule has 0 saturated carbocycles. The van der Waals surface area contributed by atoms with Crippen LogP contribution in [0.1, 0.15) is 33.3 Å². The van der Waals surface area contributed by atoms with E-state index in [0.29, 0.717) is 38.6 Å². The lowest BCUT2D eigenvalue weighted by atomic mass is 10.1. The lowest BCUT2D eigenvalue weighted by Gasteiger charge is -2.36. The summed E-state index contributed by atoms with van der Waals surface area (Å²) in [5.74, 6) is 1.09. The highest BCUT2D eigenvalue weighted by molar-refractivity contribution is 5.85. The van der Waals surface area contributed by atoms with E-state index in [1.165, 1.54) is 5.56 Å². The van der Waals surface area contributed by atoms with Crippen LogP contribution < -0.4 is 4.90 Å². The van der Waals surface area contributed by atoms with Crippen LogP contribution in [-0.4, -0.2) is 71.1 Å². The zero-order chi connectivity index (χ0) is 23.3. The molecule has 1 aromatic heterocycles. The summed E-state index contributed by atoms with van der Waals surface area (Å²) < 4.78 is 0. The minimum absolute atomic E-state index is 0.0140. The lowest BCUT2D eigenvalue weighted by Crippen LogP contribution is -2.52. The summed E-state index contributed by atoms with van der Waals surface area (Å²) in [6, 6.07) is 12.2. The van der Waals surface area contributed by atoms with Gasteiger partial charge in [-0.15, -0.1) is 10.2 Å². The molecule has 1 aliphatic rings. The minimum atomic E-state index is -0.111. The number of aromatic nitrogens is 2. The zero-order valence-corrected chi connectivity index (χ0v) is 19.9. The van der Waals surface area contributed by atoms with Crippen molar-refractivity contribution in [1.82, 2.24) is 20.0 Å². The Hall–Kier alpha value is -2.96. The van der Waals surface area contributed by atoms with E-state index in [1.54, 1.807) is 4.90 Å². The smallest absolute Gasteiger partial charge is 0.242 e. The molecule has 2 amide bonds. The predicted octanol–water partition coefficient (Wildman–Crippen LogP) is 3.24. The van der Waals surface area contributed by atoms with Gasteiger partial charge in [0.2, 0.25) is 11.8 Å². The molecule has 0 aliphatic carbocycles. The van der Waals surface area contributed by atoms with Crippen LogP contribution in [0.25, 0.3) is 11.3 Å². The van der Waals surface area contributed by atoms with Crippen LogP contribution in [-0.2, 0) is 9.59 Å². The molecule has 172 valence electrons. The lowest BCUT2D eigenvalue weighted by molar-refractivity contribution is -0.143. The summed E-state index contributed by atoms with van der Waals surface area (Å²) in [6.07, 6.45) is 0. The molecule has 0 atom stereocenters. The second kappa shape index (κ2) is 10.6. The summed E-state index contributed by atoms with van der Waals surface area (Å²) in [4.78, 5) is 31.1. The molecule has 7 heteroatoms. The average molecular weight is 438 g/mol. The number of nitrogens with zero attached hydrogens (tertiary/aromatic N) is 5. The van der Waals surface area contributed by atoms with E-state index in [-0.39, 0.29) is 24.3 Å². The van der Waals surface area contributed by atoms with Gasteiger partial charge >= 0.3 is 0 Å². The normalized spacial score (nSPS) is 14.2. The zero-order valence-electron chi connectivity index (χ0n) is 19.9. The Kier molecular flexibility index (Phi) is 7.83. The summed E-state index contributed by atoms with van der Waals surface area (Å²) >= 11 is 0. The van der Waals surface area contributed by atoms with E-state index < -0.39 is 0 Å². The van der Waals surface area contributed by atoms with E-state index in [1.807, 2.05) is 30.9 Å². The monoisotopic (exact) mass is 437 g/mol. The van der Waals surface area contributed by atoms with Gasteiger partial charge in [0, 0.05) is 44.2 Å². The number of benzene rings is 1. The molecule has 0 N–H and O–H groups in total. The molecule has 0 spiro atoms. The van der Waals surface area contributed by atoms with Gasteiger partial charge in [0.15, 0.2) is 5.82 Å². The van der Waals surface area contributed by atoms with Crippen LogP contribution in [0, 0.1) is 18.8 Å². The Morgan fingerprint density at radius 2 is 1.59 bits per heavy atom. The second-order valence-corrected chi connectivity index (χ2v) is 9.28. The van der Waals surface area contributed by atoms with E-state index in [2.05, 4.69) is 60.1 Å². The van der Waals surface area contributed by atoms with Crippen LogP contribution >= 0.6 is 0 Å². The quantitative estimate of drug-likeness (QED) is 0.665. The first-order valence-corrected chi connectivity index (χ1v) is 11.5. The number of anilines is 1. The molecule has 2 heterocycles. The van der Waals surface area contributed by atoms with E-state index in [9.17, 15) is 9.59 Å².